The molecule has 1 aromatic carbocycles. The summed E-state index contributed by atoms with van der Waals surface area (Å²) in [5, 5.41) is 5.79. The SMILES string of the molecule is CC(=O)Nc1ccc(O[C@@H](C)C(=O)NC2CCCCCC2)cc1. The van der Waals surface area contributed by atoms with Crippen LogP contribution in [-0.4, -0.2) is 24.0 Å². The molecule has 1 aliphatic carbocycles. The summed E-state index contributed by atoms with van der Waals surface area (Å²) >= 11 is 0. The second kappa shape index (κ2) is 8.56. The lowest BCUT2D eigenvalue weighted by molar-refractivity contribution is -0.128. The van der Waals surface area contributed by atoms with Gasteiger partial charge in [0, 0.05) is 18.7 Å². The number of ether oxygens (including phenoxy) is 1. The van der Waals surface area contributed by atoms with E-state index in [1.807, 2.05) is 0 Å². The van der Waals surface area contributed by atoms with Gasteiger partial charge in [0.15, 0.2) is 6.10 Å². The minimum absolute atomic E-state index is 0.0668. The molecule has 0 saturated heterocycles. The first-order valence-corrected chi connectivity index (χ1v) is 8.39. The van der Waals surface area contributed by atoms with Gasteiger partial charge in [-0.15, -0.1) is 0 Å². The number of nitrogens with one attached hydrogen (secondary N) is 2. The maximum atomic E-state index is 12.2. The largest absolute Gasteiger partial charge is 0.481 e. The summed E-state index contributed by atoms with van der Waals surface area (Å²) in [5.74, 6) is 0.431. The molecule has 2 N–H and O–H groups in total. The Kier molecular flexibility index (Phi) is 6.44. The first-order valence-electron chi connectivity index (χ1n) is 8.39. The van der Waals surface area contributed by atoms with E-state index in [9.17, 15) is 9.59 Å². The summed E-state index contributed by atoms with van der Waals surface area (Å²) in [4.78, 5) is 23.2. The van der Waals surface area contributed by atoms with Crippen LogP contribution in [0.25, 0.3) is 0 Å². The fourth-order valence-corrected chi connectivity index (χ4v) is 2.82. The van der Waals surface area contributed by atoms with Crippen molar-refractivity contribution >= 4 is 17.5 Å². The van der Waals surface area contributed by atoms with E-state index in [4.69, 9.17) is 4.74 Å². The minimum Gasteiger partial charge on any atom is -0.481 e. The summed E-state index contributed by atoms with van der Waals surface area (Å²) in [7, 11) is 0. The Bertz CT molecular complexity index is 520. The standard InChI is InChI=1S/C18H26N2O3/c1-13(18(22)20-15-7-5-3-4-6-8-15)23-17-11-9-16(10-12-17)19-14(2)21/h9-13,15H,3-8H2,1-2H3,(H,19,21)(H,20,22)/t13-/m0/s1. The Morgan fingerprint density at radius 3 is 2.26 bits per heavy atom. The van der Waals surface area contributed by atoms with Gasteiger partial charge in [0.1, 0.15) is 5.75 Å². The molecular weight excluding hydrogens is 292 g/mol. The molecule has 0 radical (unpaired) electrons. The van der Waals surface area contributed by atoms with Crippen LogP contribution in [0.2, 0.25) is 0 Å². The summed E-state index contributed by atoms with van der Waals surface area (Å²) < 4.78 is 5.68. The van der Waals surface area contributed by atoms with Gasteiger partial charge in [-0.25, -0.2) is 0 Å². The van der Waals surface area contributed by atoms with Crippen LogP contribution in [0.4, 0.5) is 5.69 Å². The van der Waals surface area contributed by atoms with Crippen molar-refractivity contribution < 1.29 is 14.3 Å². The van der Waals surface area contributed by atoms with Crippen molar-refractivity contribution in [3.8, 4) is 5.75 Å². The molecule has 2 amide bonds. The molecule has 1 fully saturated rings. The maximum absolute atomic E-state index is 12.2. The van der Waals surface area contributed by atoms with E-state index in [-0.39, 0.29) is 17.9 Å². The molecule has 5 nitrogen and oxygen atoms in total. The number of benzene rings is 1. The molecule has 0 aliphatic heterocycles. The maximum Gasteiger partial charge on any atom is 0.260 e. The van der Waals surface area contributed by atoms with Crippen molar-refractivity contribution in [2.45, 2.75) is 64.5 Å². The van der Waals surface area contributed by atoms with E-state index in [1.54, 1.807) is 31.2 Å². The number of rotatable bonds is 5. The van der Waals surface area contributed by atoms with Crippen LogP contribution in [0.5, 0.6) is 5.75 Å². The Labute approximate surface area is 137 Å². The van der Waals surface area contributed by atoms with Crippen molar-refractivity contribution in [3.05, 3.63) is 24.3 Å². The van der Waals surface area contributed by atoms with Crippen molar-refractivity contribution in [2.24, 2.45) is 0 Å². The molecule has 23 heavy (non-hydrogen) atoms. The monoisotopic (exact) mass is 318 g/mol. The Balaban J connectivity index is 1.83. The third kappa shape index (κ3) is 5.93. The Morgan fingerprint density at radius 2 is 1.70 bits per heavy atom. The fourth-order valence-electron chi connectivity index (χ4n) is 2.82. The zero-order chi connectivity index (χ0) is 16.7. The predicted molar refractivity (Wildman–Crippen MR) is 90.5 cm³/mol. The van der Waals surface area contributed by atoms with E-state index in [0.29, 0.717) is 11.4 Å². The lowest BCUT2D eigenvalue weighted by Gasteiger charge is -2.20. The second-order valence-electron chi connectivity index (χ2n) is 6.16. The fraction of sp³-hybridized carbons (Fsp3) is 0.556. The normalized spacial score (nSPS) is 17.0. The smallest absolute Gasteiger partial charge is 0.260 e. The van der Waals surface area contributed by atoms with Crippen LogP contribution >= 0.6 is 0 Å². The first-order chi connectivity index (χ1) is 11.0. The van der Waals surface area contributed by atoms with Crippen LogP contribution in [0, 0.1) is 0 Å². The van der Waals surface area contributed by atoms with Crippen LogP contribution in [0.15, 0.2) is 24.3 Å². The lowest BCUT2D eigenvalue weighted by atomic mass is 10.1. The molecule has 5 heteroatoms. The lowest BCUT2D eigenvalue weighted by Crippen LogP contribution is -2.42. The number of carbonyl (C=O) groups excluding carboxylic acids is 2. The number of hydrogen-bond acceptors (Lipinski definition) is 3. The summed E-state index contributed by atoms with van der Waals surface area (Å²) in [6, 6.07) is 7.29. The quantitative estimate of drug-likeness (QED) is 0.819. The number of amides is 2. The van der Waals surface area contributed by atoms with Gasteiger partial charge >= 0.3 is 0 Å². The number of anilines is 1. The van der Waals surface area contributed by atoms with Crippen LogP contribution in [0.1, 0.15) is 52.4 Å². The van der Waals surface area contributed by atoms with Gasteiger partial charge < -0.3 is 15.4 Å². The molecule has 1 aromatic rings. The van der Waals surface area contributed by atoms with Gasteiger partial charge in [-0.1, -0.05) is 25.7 Å². The van der Waals surface area contributed by atoms with Gasteiger partial charge in [-0.2, -0.15) is 0 Å². The van der Waals surface area contributed by atoms with Crippen LogP contribution in [-0.2, 0) is 9.59 Å². The van der Waals surface area contributed by atoms with Crippen molar-refractivity contribution in [1.82, 2.24) is 5.32 Å². The highest BCUT2D eigenvalue weighted by Gasteiger charge is 2.20. The molecule has 0 heterocycles. The zero-order valence-corrected chi connectivity index (χ0v) is 13.9. The topological polar surface area (TPSA) is 67.4 Å². The highest BCUT2D eigenvalue weighted by Crippen LogP contribution is 2.19. The molecule has 126 valence electrons. The summed E-state index contributed by atoms with van der Waals surface area (Å²) in [5.41, 5.74) is 0.709. The molecular formula is C18H26N2O3. The number of carbonyl (C=O) groups is 2. The predicted octanol–water partition coefficient (Wildman–Crippen LogP) is 3.25. The average Bonchev–Trinajstić information content (AvgIpc) is 2.77. The molecule has 0 unspecified atom stereocenters. The van der Waals surface area contributed by atoms with Gasteiger partial charge in [0.25, 0.3) is 5.91 Å². The molecule has 0 bridgehead atoms. The molecule has 2 rings (SSSR count). The third-order valence-corrected chi connectivity index (χ3v) is 4.06. The first kappa shape index (κ1) is 17.3. The molecule has 1 aliphatic rings. The van der Waals surface area contributed by atoms with Crippen molar-refractivity contribution in [3.63, 3.8) is 0 Å². The molecule has 1 saturated carbocycles. The van der Waals surface area contributed by atoms with Crippen molar-refractivity contribution in [1.29, 1.82) is 0 Å². The van der Waals surface area contributed by atoms with Gasteiger partial charge in [-0.05, 0) is 44.0 Å². The van der Waals surface area contributed by atoms with Crippen LogP contribution in [0.3, 0.4) is 0 Å². The van der Waals surface area contributed by atoms with E-state index in [0.717, 1.165) is 12.8 Å². The molecule has 0 aromatic heterocycles. The van der Waals surface area contributed by atoms with Gasteiger partial charge in [-0.3, -0.25) is 9.59 Å². The minimum atomic E-state index is -0.537. The Hall–Kier alpha value is -2.04. The van der Waals surface area contributed by atoms with E-state index in [1.165, 1.54) is 32.6 Å². The molecule has 0 spiro atoms. The summed E-state index contributed by atoms with van der Waals surface area (Å²) in [6.07, 6.45) is 6.48. The van der Waals surface area contributed by atoms with Crippen molar-refractivity contribution in [2.75, 3.05) is 5.32 Å². The summed E-state index contributed by atoms with van der Waals surface area (Å²) in [6.45, 7) is 3.22. The average molecular weight is 318 g/mol. The van der Waals surface area contributed by atoms with Gasteiger partial charge in [0.2, 0.25) is 5.91 Å². The third-order valence-electron chi connectivity index (χ3n) is 4.06. The van der Waals surface area contributed by atoms with E-state index >= 15 is 0 Å². The number of hydrogen-bond donors (Lipinski definition) is 2. The van der Waals surface area contributed by atoms with E-state index < -0.39 is 6.10 Å². The van der Waals surface area contributed by atoms with E-state index in [2.05, 4.69) is 10.6 Å². The van der Waals surface area contributed by atoms with Crippen LogP contribution < -0.4 is 15.4 Å². The van der Waals surface area contributed by atoms with Gasteiger partial charge in [0.05, 0.1) is 0 Å². The molecule has 1 atom stereocenters. The highest BCUT2D eigenvalue weighted by atomic mass is 16.5. The second-order valence-corrected chi connectivity index (χ2v) is 6.16. The highest BCUT2D eigenvalue weighted by molar-refractivity contribution is 5.88. The Morgan fingerprint density at radius 1 is 1.09 bits per heavy atom. The zero-order valence-electron chi connectivity index (χ0n) is 13.9.